The number of hydrogen-bond donors (Lipinski definition) is 0. The molecule has 0 N–H and O–H groups in total. The van der Waals surface area contributed by atoms with Crippen LogP contribution < -0.4 is 16.1 Å². The van der Waals surface area contributed by atoms with E-state index in [9.17, 15) is 9.59 Å². The highest BCUT2D eigenvalue weighted by Gasteiger charge is 2.20. The summed E-state index contributed by atoms with van der Waals surface area (Å²) < 4.78 is 3.72. The van der Waals surface area contributed by atoms with Crippen molar-refractivity contribution in [1.29, 1.82) is 0 Å². The molecule has 0 bridgehead atoms. The highest BCUT2D eigenvalue weighted by atomic mass is 16.6. The van der Waals surface area contributed by atoms with Gasteiger partial charge in [0.2, 0.25) is 0 Å². The number of benzene rings is 1. The van der Waals surface area contributed by atoms with Crippen molar-refractivity contribution in [2.24, 2.45) is 14.1 Å². The molecule has 1 aromatic carbocycles. The molecule has 3 rings (SSSR count). The Morgan fingerprint density at radius 3 is 2.33 bits per heavy atom. The summed E-state index contributed by atoms with van der Waals surface area (Å²) in [5, 5.41) is 0. The topological polar surface area (TPSA) is 71.1 Å². The SMILES string of the molecule is COn1c(-c2ccccc2)nc2c1c(=O)n(C)c(=O)n2C. The Kier molecular flexibility index (Phi) is 2.90. The van der Waals surface area contributed by atoms with Crippen LogP contribution in [0.4, 0.5) is 0 Å². The van der Waals surface area contributed by atoms with Crippen LogP contribution in [-0.2, 0) is 14.1 Å². The summed E-state index contributed by atoms with van der Waals surface area (Å²) in [5.41, 5.74) is 0.465. The molecule has 108 valence electrons. The molecule has 21 heavy (non-hydrogen) atoms. The van der Waals surface area contributed by atoms with Gasteiger partial charge in [0.1, 0.15) is 7.11 Å². The lowest BCUT2D eigenvalue weighted by molar-refractivity contribution is 0.181. The van der Waals surface area contributed by atoms with Crippen LogP contribution in [0.25, 0.3) is 22.6 Å². The summed E-state index contributed by atoms with van der Waals surface area (Å²) in [6.45, 7) is 0. The first-order chi connectivity index (χ1) is 10.1. The van der Waals surface area contributed by atoms with Gasteiger partial charge in [-0.25, -0.2) is 9.78 Å². The van der Waals surface area contributed by atoms with Gasteiger partial charge in [0, 0.05) is 19.7 Å². The van der Waals surface area contributed by atoms with Gasteiger partial charge in [-0.05, 0) is 0 Å². The number of aryl methyl sites for hydroxylation is 1. The number of rotatable bonds is 2. The van der Waals surface area contributed by atoms with Crippen molar-refractivity contribution in [2.45, 2.75) is 0 Å². The summed E-state index contributed by atoms with van der Waals surface area (Å²) in [5.74, 6) is 0.478. The van der Waals surface area contributed by atoms with Gasteiger partial charge < -0.3 is 4.84 Å². The maximum absolute atomic E-state index is 12.3. The van der Waals surface area contributed by atoms with E-state index < -0.39 is 11.2 Å². The van der Waals surface area contributed by atoms with E-state index in [-0.39, 0.29) is 5.52 Å². The molecule has 2 heterocycles. The maximum Gasteiger partial charge on any atom is 0.332 e. The molecule has 0 fully saturated rings. The molecule has 7 heteroatoms. The van der Waals surface area contributed by atoms with Crippen molar-refractivity contribution in [1.82, 2.24) is 18.8 Å². The van der Waals surface area contributed by atoms with Crippen molar-refractivity contribution in [2.75, 3.05) is 7.11 Å². The normalized spacial score (nSPS) is 11.0. The van der Waals surface area contributed by atoms with Crippen LogP contribution in [0, 0.1) is 0 Å². The van der Waals surface area contributed by atoms with Crippen molar-refractivity contribution >= 4 is 11.2 Å². The van der Waals surface area contributed by atoms with Crippen LogP contribution >= 0.6 is 0 Å². The van der Waals surface area contributed by atoms with E-state index in [1.165, 1.54) is 23.5 Å². The quantitative estimate of drug-likeness (QED) is 0.673. The van der Waals surface area contributed by atoms with Crippen LogP contribution in [-0.4, -0.2) is 26.0 Å². The third-order valence-corrected chi connectivity index (χ3v) is 3.43. The van der Waals surface area contributed by atoms with E-state index in [1.54, 1.807) is 7.05 Å². The fourth-order valence-electron chi connectivity index (χ4n) is 2.32. The minimum absolute atomic E-state index is 0.237. The Morgan fingerprint density at radius 2 is 1.71 bits per heavy atom. The lowest BCUT2D eigenvalue weighted by Gasteiger charge is -2.06. The number of aromatic nitrogens is 4. The second kappa shape index (κ2) is 4.62. The zero-order valence-electron chi connectivity index (χ0n) is 11.9. The summed E-state index contributed by atoms with van der Waals surface area (Å²) in [6, 6.07) is 9.34. The van der Waals surface area contributed by atoms with Crippen molar-refractivity contribution < 1.29 is 4.84 Å². The van der Waals surface area contributed by atoms with E-state index in [1.807, 2.05) is 30.3 Å². The Hall–Kier alpha value is -2.83. The van der Waals surface area contributed by atoms with Gasteiger partial charge in [0.25, 0.3) is 5.56 Å². The highest BCUT2D eigenvalue weighted by molar-refractivity contribution is 5.76. The Bertz CT molecular complexity index is 935. The molecule has 0 aliphatic heterocycles. The molecule has 0 aliphatic carbocycles. The zero-order valence-corrected chi connectivity index (χ0v) is 11.9. The molecule has 0 unspecified atom stereocenters. The average Bonchev–Trinajstić information content (AvgIpc) is 2.91. The van der Waals surface area contributed by atoms with Crippen LogP contribution in [0.1, 0.15) is 0 Å². The average molecular weight is 286 g/mol. The molecule has 2 aromatic heterocycles. The first-order valence-electron chi connectivity index (χ1n) is 6.34. The second-order valence-electron chi connectivity index (χ2n) is 4.66. The van der Waals surface area contributed by atoms with Crippen LogP contribution in [0.3, 0.4) is 0 Å². The molecule has 0 spiro atoms. The minimum Gasteiger partial charge on any atom is -0.415 e. The van der Waals surface area contributed by atoms with E-state index in [4.69, 9.17) is 4.84 Å². The van der Waals surface area contributed by atoms with Crippen LogP contribution in [0.5, 0.6) is 0 Å². The van der Waals surface area contributed by atoms with E-state index in [0.717, 1.165) is 10.1 Å². The molecule has 0 saturated heterocycles. The molecule has 0 radical (unpaired) electrons. The minimum atomic E-state index is -0.440. The van der Waals surface area contributed by atoms with Gasteiger partial charge in [-0.15, -0.1) is 0 Å². The number of fused-ring (bicyclic) bond motifs is 1. The van der Waals surface area contributed by atoms with Gasteiger partial charge >= 0.3 is 5.69 Å². The molecular formula is C14H14N4O3. The smallest absolute Gasteiger partial charge is 0.332 e. The van der Waals surface area contributed by atoms with Gasteiger partial charge in [-0.2, -0.15) is 4.73 Å². The monoisotopic (exact) mass is 286 g/mol. The number of hydrogen-bond acceptors (Lipinski definition) is 4. The van der Waals surface area contributed by atoms with E-state index >= 15 is 0 Å². The lowest BCUT2D eigenvalue weighted by atomic mass is 10.2. The first kappa shape index (κ1) is 13.2. The van der Waals surface area contributed by atoms with Crippen molar-refractivity contribution in [3.05, 3.63) is 51.2 Å². The fraction of sp³-hybridized carbons (Fsp3) is 0.214. The number of nitrogens with zero attached hydrogens (tertiary/aromatic N) is 4. The number of imidazole rings is 1. The summed E-state index contributed by atoms with van der Waals surface area (Å²) in [4.78, 5) is 34.0. The van der Waals surface area contributed by atoms with Gasteiger partial charge in [-0.1, -0.05) is 30.3 Å². The largest absolute Gasteiger partial charge is 0.415 e. The van der Waals surface area contributed by atoms with Gasteiger partial charge in [-0.3, -0.25) is 13.9 Å². The fourth-order valence-corrected chi connectivity index (χ4v) is 2.32. The standard InChI is InChI=1S/C14H14N4O3/c1-16-12-10(13(19)17(2)14(16)20)18(21-3)11(15-12)9-7-5-4-6-8-9/h4-8H,1-3H3. The first-order valence-corrected chi connectivity index (χ1v) is 6.34. The lowest BCUT2D eigenvalue weighted by Crippen LogP contribution is -2.37. The third-order valence-electron chi connectivity index (χ3n) is 3.43. The molecule has 0 atom stereocenters. The summed E-state index contributed by atoms with van der Waals surface area (Å²) >= 11 is 0. The van der Waals surface area contributed by atoms with Crippen molar-refractivity contribution in [3.8, 4) is 11.4 Å². The zero-order chi connectivity index (χ0) is 15.1. The predicted molar refractivity (Wildman–Crippen MR) is 78.2 cm³/mol. The Labute approximate surface area is 119 Å². The predicted octanol–water partition coefficient (Wildman–Crippen LogP) is 0.159. The molecule has 0 saturated carbocycles. The van der Waals surface area contributed by atoms with Crippen molar-refractivity contribution in [3.63, 3.8) is 0 Å². The van der Waals surface area contributed by atoms with Gasteiger partial charge in [0.05, 0.1) is 0 Å². The summed E-state index contributed by atoms with van der Waals surface area (Å²) in [7, 11) is 4.46. The Morgan fingerprint density at radius 1 is 1.05 bits per heavy atom. The second-order valence-corrected chi connectivity index (χ2v) is 4.66. The molecule has 7 nitrogen and oxygen atoms in total. The van der Waals surface area contributed by atoms with Crippen LogP contribution in [0.15, 0.2) is 39.9 Å². The molecular weight excluding hydrogens is 272 g/mol. The van der Waals surface area contributed by atoms with E-state index in [2.05, 4.69) is 4.98 Å². The van der Waals surface area contributed by atoms with Crippen LogP contribution in [0.2, 0.25) is 0 Å². The van der Waals surface area contributed by atoms with E-state index in [0.29, 0.717) is 11.5 Å². The molecule has 3 aromatic rings. The third kappa shape index (κ3) is 1.78. The summed E-state index contributed by atoms with van der Waals surface area (Å²) in [6.07, 6.45) is 0. The maximum atomic E-state index is 12.3. The van der Waals surface area contributed by atoms with Gasteiger partial charge in [0.15, 0.2) is 17.0 Å². The molecule has 0 amide bonds. The molecule has 0 aliphatic rings. The Balaban J connectivity index is 2.51. The highest BCUT2D eigenvalue weighted by Crippen LogP contribution is 2.20.